The molecule has 0 rings (SSSR count). The molecule has 1 N–H and O–H groups in total. The first-order valence-corrected chi connectivity index (χ1v) is 4.08. The highest BCUT2D eigenvalue weighted by molar-refractivity contribution is 7.88. The minimum atomic E-state index is -3.10. The Bertz CT molecular complexity index is 139. The second-order valence-electron chi connectivity index (χ2n) is 1.34. The molecule has 0 saturated carbocycles. The highest BCUT2D eigenvalue weighted by Crippen LogP contribution is 1.66. The Morgan fingerprint density at radius 2 is 2.12 bits per heavy atom. The molecule has 0 aliphatic carbocycles. The van der Waals surface area contributed by atoms with Crippen LogP contribution < -0.4 is 10.3 Å². The summed E-state index contributed by atoms with van der Waals surface area (Å²) in [7, 11) is -3.10. The van der Waals surface area contributed by atoms with Gasteiger partial charge in [0, 0.05) is 6.54 Å². The van der Waals surface area contributed by atoms with Crippen LogP contribution in [0.4, 0.5) is 0 Å². The first-order valence-electron chi connectivity index (χ1n) is 2.19. The molecule has 0 amide bonds. The summed E-state index contributed by atoms with van der Waals surface area (Å²) in [5, 5.41) is 0. The van der Waals surface area contributed by atoms with Crippen LogP contribution in [0.3, 0.4) is 0 Å². The molecule has 0 aliphatic rings. The summed E-state index contributed by atoms with van der Waals surface area (Å²) in [4.78, 5) is 1.97. The molecular weight excluding hydrogens is 128 g/mol. The molecule has 0 saturated heterocycles. The van der Waals surface area contributed by atoms with Crippen LogP contribution >= 0.6 is 0 Å². The molecule has 0 heterocycles. The van der Waals surface area contributed by atoms with Crippen LogP contribution in [-0.4, -0.2) is 21.2 Å². The van der Waals surface area contributed by atoms with Crippen molar-refractivity contribution >= 4 is 10.0 Å². The van der Waals surface area contributed by atoms with Crippen LogP contribution in [0.5, 0.6) is 0 Å². The molecule has 0 bridgehead atoms. The lowest BCUT2D eigenvalue weighted by Crippen LogP contribution is -2.29. The molecule has 0 aromatic rings. The van der Waals surface area contributed by atoms with Gasteiger partial charge < -0.3 is 0 Å². The second kappa shape index (κ2) is 3.01. The topological polar surface area (TPSA) is 60.3 Å². The Labute approximate surface area is 49.3 Å². The van der Waals surface area contributed by atoms with E-state index in [-0.39, 0.29) is 0 Å². The number of nitrogens with one attached hydrogen (secondary N) is 1. The van der Waals surface area contributed by atoms with Crippen molar-refractivity contribution < 1.29 is 8.42 Å². The van der Waals surface area contributed by atoms with Gasteiger partial charge in [0.05, 0.1) is 6.26 Å². The van der Waals surface area contributed by atoms with Crippen molar-refractivity contribution in [3.8, 4) is 0 Å². The van der Waals surface area contributed by atoms with Gasteiger partial charge in [-0.1, -0.05) is 0 Å². The lowest BCUT2D eigenvalue weighted by atomic mass is 10.8. The number of hydrogen-bond acceptors (Lipinski definition) is 2. The molecule has 0 fully saturated rings. The van der Waals surface area contributed by atoms with Crippen molar-refractivity contribution in [1.29, 1.82) is 0 Å². The molecule has 0 unspecified atom stereocenters. The molecule has 0 aliphatic heterocycles. The lowest BCUT2D eigenvalue weighted by Gasteiger charge is -1.95. The molecule has 0 aromatic heterocycles. The Morgan fingerprint density at radius 1 is 1.62 bits per heavy atom. The molecule has 49 valence electrons. The van der Waals surface area contributed by atoms with E-state index in [0.717, 1.165) is 6.26 Å². The fraction of sp³-hybridized carbons (Fsp3) is 1.00. The average Bonchev–Trinajstić information content (AvgIpc) is 1.59. The minimum absolute atomic E-state index is 0.465. The third-order valence-corrected chi connectivity index (χ3v) is 0.849. The summed E-state index contributed by atoms with van der Waals surface area (Å²) < 4.78 is 20.4. The van der Waals surface area contributed by atoms with E-state index in [1.54, 1.807) is 6.92 Å². The maximum absolute atomic E-state index is 10.2. The summed E-state index contributed by atoms with van der Waals surface area (Å²) in [6.07, 6.45) is 1.06. The van der Waals surface area contributed by atoms with E-state index in [4.69, 9.17) is 0 Å². The Morgan fingerprint density at radius 3 is 2.25 bits per heavy atom. The number of sulfonamides is 1. The van der Waals surface area contributed by atoms with Crippen molar-refractivity contribution in [2.24, 2.45) is 0 Å². The van der Waals surface area contributed by atoms with E-state index in [2.05, 4.69) is 5.43 Å². The molecule has 0 aromatic carbocycles. The molecule has 8 heavy (non-hydrogen) atoms. The Hall–Kier alpha value is -0.130. The van der Waals surface area contributed by atoms with Gasteiger partial charge in [-0.2, -0.15) is 0 Å². The van der Waals surface area contributed by atoms with Gasteiger partial charge in [0.25, 0.3) is 0 Å². The summed E-state index contributed by atoms with van der Waals surface area (Å²) >= 11 is 0. The molecule has 0 atom stereocenters. The fourth-order valence-corrected chi connectivity index (χ4v) is 0.545. The van der Waals surface area contributed by atoms with Gasteiger partial charge in [-0.25, -0.2) is 8.42 Å². The summed E-state index contributed by atoms with van der Waals surface area (Å²) in [5.41, 5.74) is 3.41. The normalized spacial score (nSPS) is 11.8. The first kappa shape index (κ1) is 7.87. The van der Waals surface area contributed by atoms with Crippen molar-refractivity contribution in [3.63, 3.8) is 0 Å². The predicted molar refractivity (Wildman–Crippen MR) is 30.7 cm³/mol. The lowest BCUT2D eigenvalue weighted by molar-refractivity contribution is 0.563. The van der Waals surface area contributed by atoms with Crippen molar-refractivity contribution in [2.45, 2.75) is 6.92 Å². The highest BCUT2D eigenvalue weighted by atomic mass is 32.2. The van der Waals surface area contributed by atoms with E-state index < -0.39 is 10.0 Å². The highest BCUT2D eigenvalue weighted by Gasteiger charge is 1.95. The van der Waals surface area contributed by atoms with E-state index in [9.17, 15) is 8.42 Å². The molecule has 4 nitrogen and oxygen atoms in total. The van der Waals surface area contributed by atoms with Crippen LogP contribution in [0.2, 0.25) is 0 Å². The van der Waals surface area contributed by atoms with E-state index in [1.807, 2.05) is 4.83 Å². The zero-order valence-electron chi connectivity index (χ0n) is 4.88. The number of rotatable bonds is 3. The van der Waals surface area contributed by atoms with Gasteiger partial charge in [0.15, 0.2) is 0 Å². The largest absolute Gasteiger partial charge is 0.222 e. The standard InChI is InChI=1S/C3H9N2O2S/c1-3-4-5-8(2,6)7/h5H,3H2,1-2H3. The quantitative estimate of drug-likeness (QED) is 0.511. The van der Waals surface area contributed by atoms with Crippen LogP contribution in [-0.2, 0) is 10.0 Å². The summed E-state index contributed by atoms with van der Waals surface area (Å²) in [5.74, 6) is 0. The summed E-state index contributed by atoms with van der Waals surface area (Å²) in [6.45, 7) is 2.21. The van der Waals surface area contributed by atoms with Crippen LogP contribution in [0.25, 0.3) is 0 Å². The van der Waals surface area contributed by atoms with Gasteiger partial charge >= 0.3 is 0 Å². The fourth-order valence-electron chi connectivity index (χ4n) is 0.182. The second-order valence-corrected chi connectivity index (χ2v) is 3.06. The molecule has 0 spiro atoms. The van der Waals surface area contributed by atoms with Crippen LogP contribution in [0, 0.1) is 0 Å². The van der Waals surface area contributed by atoms with Crippen molar-refractivity contribution in [2.75, 3.05) is 12.8 Å². The van der Waals surface area contributed by atoms with Crippen LogP contribution in [0.15, 0.2) is 0 Å². The summed E-state index contributed by atoms with van der Waals surface area (Å²) in [6, 6.07) is 0. The molecular formula is C3H9N2O2S. The Balaban J connectivity index is 3.42. The minimum Gasteiger partial charge on any atom is -0.211 e. The van der Waals surface area contributed by atoms with E-state index in [1.165, 1.54) is 0 Å². The molecule has 1 radical (unpaired) electrons. The van der Waals surface area contributed by atoms with Gasteiger partial charge in [-0.15, -0.1) is 10.3 Å². The smallest absolute Gasteiger partial charge is 0.211 e. The number of nitrogens with zero attached hydrogens (tertiary/aromatic N) is 1. The average molecular weight is 137 g/mol. The van der Waals surface area contributed by atoms with Gasteiger partial charge in [-0.3, -0.25) is 0 Å². The third kappa shape index (κ3) is 5.87. The maximum Gasteiger partial charge on any atom is 0.222 e. The van der Waals surface area contributed by atoms with Gasteiger partial charge in [-0.05, 0) is 6.92 Å². The monoisotopic (exact) mass is 137 g/mol. The zero-order valence-corrected chi connectivity index (χ0v) is 5.70. The maximum atomic E-state index is 10.2. The van der Waals surface area contributed by atoms with Crippen molar-refractivity contribution in [3.05, 3.63) is 0 Å². The number of hydrogen-bond donors (Lipinski definition) is 1. The van der Waals surface area contributed by atoms with E-state index >= 15 is 0 Å². The first-order chi connectivity index (χ1) is 3.56. The SMILES string of the molecule is CC[N]NS(C)(=O)=O. The Kier molecular flexibility index (Phi) is 2.96. The van der Waals surface area contributed by atoms with Crippen LogP contribution in [0.1, 0.15) is 6.92 Å². The van der Waals surface area contributed by atoms with Crippen molar-refractivity contribution in [1.82, 2.24) is 10.3 Å². The van der Waals surface area contributed by atoms with E-state index in [0.29, 0.717) is 6.54 Å². The zero-order chi connectivity index (χ0) is 6.62. The third-order valence-electron chi connectivity index (χ3n) is 0.388. The van der Waals surface area contributed by atoms with Gasteiger partial charge in [0.1, 0.15) is 0 Å². The van der Waals surface area contributed by atoms with Gasteiger partial charge in [0.2, 0.25) is 10.0 Å². The molecule has 5 heteroatoms. The predicted octanol–water partition coefficient (Wildman–Crippen LogP) is -0.925.